The quantitative estimate of drug-likeness (QED) is 0.139. The molecule has 1 amide bonds. The molecular weight excluding hydrogens is 831 g/mol. The lowest BCUT2D eigenvalue weighted by molar-refractivity contribution is -0.266. The van der Waals surface area contributed by atoms with Crippen LogP contribution in [-0.2, 0) is 33.3 Å². The summed E-state index contributed by atoms with van der Waals surface area (Å²) in [6.45, 7) is 16.1. The minimum absolute atomic E-state index is 0.00812. The van der Waals surface area contributed by atoms with Crippen LogP contribution in [0.1, 0.15) is 132 Å². The third-order valence-electron chi connectivity index (χ3n) is 15.4. The molecule has 0 aromatic rings. The van der Waals surface area contributed by atoms with Crippen molar-refractivity contribution in [3.05, 3.63) is 47.6 Å². The smallest absolute Gasteiger partial charge is 0.296 e. The van der Waals surface area contributed by atoms with Gasteiger partial charge in [-0.2, -0.15) is 0 Å². The van der Waals surface area contributed by atoms with Crippen molar-refractivity contribution in [1.82, 2.24) is 4.90 Å². The average Bonchev–Trinajstić information content (AvgIpc) is 3.28. The van der Waals surface area contributed by atoms with Crippen LogP contribution in [0.2, 0.25) is 0 Å². The van der Waals surface area contributed by atoms with Crippen molar-refractivity contribution in [1.29, 1.82) is 0 Å². The Morgan fingerprint density at radius 3 is 2.22 bits per heavy atom. The number of methoxy groups -OCH3 is 3. The fourth-order valence-electron chi connectivity index (χ4n) is 10.8. The Balaban J connectivity index is 1.69. The number of rotatable bonds is 6. The van der Waals surface area contributed by atoms with Gasteiger partial charge in [-0.3, -0.25) is 9.59 Å². The molecule has 0 radical (unpaired) electrons. The second-order valence-corrected chi connectivity index (χ2v) is 20.6. The predicted molar refractivity (Wildman–Crippen MR) is 251 cm³/mol. The number of Topliss-reactive ketones (excluding diaryl/α,β-unsaturated/α-hetero) is 1. The van der Waals surface area contributed by atoms with Crippen molar-refractivity contribution < 1.29 is 58.8 Å². The Bertz CT molecular complexity index is 1620. The van der Waals surface area contributed by atoms with E-state index in [0.29, 0.717) is 63.4 Å². The van der Waals surface area contributed by atoms with Crippen LogP contribution < -0.4 is 0 Å². The van der Waals surface area contributed by atoms with E-state index in [1.54, 1.807) is 21.1 Å². The topological polar surface area (TPSA) is 185 Å². The van der Waals surface area contributed by atoms with Crippen LogP contribution in [0.4, 0.5) is 0 Å². The van der Waals surface area contributed by atoms with Crippen molar-refractivity contribution in [3.8, 4) is 0 Å². The van der Waals surface area contributed by atoms with Gasteiger partial charge >= 0.3 is 0 Å². The molecule has 0 aromatic heterocycles. The standard InChI is InChI=1S/C52H87NO12/c1-31-17-13-12-14-18-32(2)43(61-9)30-40-22-20-38(8)52(60,65-40)49(57)50(58)53-24-16-15-19-41(53)51(59)64-44(35(5)27-39-21-23-42(54)45(29-39)62-10)28-34(4)33(3)26-37(7)47(56)48(63-11)46(55)36(6)25-31/h12-14,17-18,26,31,33-36,38-48,51,54-56,59-60H,15-16,19-25,27-30H2,1-11H3/b14-12+,17-13+,32-18+,37-26+/t31-,33+,34?,35+,36?,38+,39?,40+,41-,42-,43+,44+,45?,46-,47?,48-,51+,52?/m0/s1. The van der Waals surface area contributed by atoms with Gasteiger partial charge in [0.1, 0.15) is 12.2 Å². The number of carbonyl (C=O) groups excluding carboxylic acids is 2. The molecule has 2 bridgehead atoms. The largest absolute Gasteiger partial charge is 0.390 e. The molecule has 4 rings (SSSR count). The van der Waals surface area contributed by atoms with Crippen molar-refractivity contribution in [2.75, 3.05) is 27.9 Å². The second kappa shape index (κ2) is 25.9. The monoisotopic (exact) mass is 918 g/mol. The summed E-state index contributed by atoms with van der Waals surface area (Å²) < 4.78 is 30.2. The van der Waals surface area contributed by atoms with Crippen molar-refractivity contribution in [2.45, 2.75) is 199 Å². The van der Waals surface area contributed by atoms with Crippen LogP contribution in [0.15, 0.2) is 47.6 Å². The summed E-state index contributed by atoms with van der Waals surface area (Å²) in [7, 11) is 4.75. The van der Waals surface area contributed by atoms with Gasteiger partial charge in [0.25, 0.3) is 11.7 Å². The van der Waals surface area contributed by atoms with Crippen molar-refractivity contribution in [3.63, 3.8) is 0 Å². The number of aliphatic hydroxyl groups is 5. The molecule has 18 atom stereocenters. The first-order valence-electron chi connectivity index (χ1n) is 24.7. The highest BCUT2D eigenvalue weighted by Crippen LogP contribution is 2.39. The molecule has 4 aliphatic rings. The van der Waals surface area contributed by atoms with E-state index >= 15 is 0 Å². The molecular formula is C52H87NO12. The van der Waals surface area contributed by atoms with E-state index in [4.69, 9.17) is 23.7 Å². The van der Waals surface area contributed by atoms with Crippen molar-refractivity contribution >= 4 is 11.7 Å². The average molecular weight is 918 g/mol. The first kappa shape index (κ1) is 55.3. The fourth-order valence-corrected chi connectivity index (χ4v) is 10.8. The molecule has 0 spiro atoms. The van der Waals surface area contributed by atoms with Crippen LogP contribution in [0, 0.1) is 41.4 Å². The maximum absolute atomic E-state index is 14.3. The van der Waals surface area contributed by atoms with Gasteiger partial charge in [-0.25, -0.2) is 0 Å². The normalized spacial score (nSPS) is 43.9. The first-order valence-corrected chi connectivity index (χ1v) is 24.7. The lowest BCUT2D eigenvalue weighted by Crippen LogP contribution is -2.61. The fraction of sp³-hybridized carbons (Fsp3) is 0.808. The molecule has 65 heavy (non-hydrogen) atoms. The minimum atomic E-state index is -2.35. The first-order chi connectivity index (χ1) is 30.7. The number of hydrogen-bond donors (Lipinski definition) is 5. The number of ether oxygens (including phenoxy) is 5. The summed E-state index contributed by atoms with van der Waals surface area (Å²) in [5.41, 5.74) is 1.61. The van der Waals surface area contributed by atoms with Gasteiger partial charge in [-0.1, -0.05) is 78.0 Å². The summed E-state index contributed by atoms with van der Waals surface area (Å²) in [4.78, 5) is 30.0. The Kier molecular flexibility index (Phi) is 22.0. The summed E-state index contributed by atoms with van der Waals surface area (Å²) in [6, 6.07) is -0.826. The van der Waals surface area contributed by atoms with Gasteiger partial charge in [-0.15, -0.1) is 0 Å². The van der Waals surface area contributed by atoms with Crippen LogP contribution in [-0.4, -0.2) is 137 Å². The van der Waals surface area contributed by atoms with Gasteiger partial charge in [0.15, 0.2) is 6.29 Å². The van der Waals surface area contributed by atoms with Gasteiger partial charge < -0.3 is 54.1 Å². The van der Waals surface area contributed by atoms with Gasteiger partial charge in [0.05, 0.1) is 42.7 Å². The van der Waals surface area contributed by atoms with Gasteiger partial charge in [0, 0.05) is 40.2 Å². The number of nitrogens with zero attached hydrogens (tertiary/aromatic N) is 1. The molecule has 3 fully saturated rings. The number of amides is 1. The molecule has 5 N–H and O–H groups in total. The maximum atomic E-state index is 14.3. The number of carbonyl (C=O) groups is 2. The molecule has 3 aliphatic heterocycles. The lowest BCUT2D eigenvalue weighted by Gasteiger charge is -2.44. The van der Waals surface area contributed by atoms with Gasteiger partial charge in [0.2, 0.25) is 5.79 Å². The Hall–Kier alpha value is -2.30. The number of hydrogen-bond acceptors (Lipinski definition) is 12. The number of piperidine rings is 1. The number of fused-ring (bicyclic) bond motifs is 3. The molecule has 2 saturated heterocycles. The molecule has 3 heterocycles. The summed E-state index contributed by atoms with van der Waals surface area (Å²) in [5.74, 6) is -4.78. The zero-order chi connectivity index (χ0) is 48.2. The van der Waals surface area contributed by atoms with Crippen LogP contribution in [0.5, 0.6) is 0 Å². The van der Waals surface area contributed by atoms with Crippen LogP contribution in [0.25, 0.3) is 0 Å². The second-order valence-electron chi connectivity index (χ2n) is 20.6. The Morgan fingerprint density at radius 1 is 0.815 bits per heavy atom. The molecule has 13 heteroatoms. The summed E-state index contributed by atoms with van der Waals surface area (Å²) in [5, 5.41) is 57.7. The van der Waals surface area contributed by atoms with E-state index in [1.807, 2.05) is 51.2 Å². The van der Waals surface area contributed by atoms with E-state index in [0.717, 1.165) is 24.8 Å². The maximum Gasteiger partial charge on any atom is 0.296 e. The van der Waals surface area contributed by atoms with E-state index in [9.17, 15) is 35.1 Å². The molecule has 1 saturated carbocycles. The van der Waals surface area contributed by atoms with E-state index in [1.165, 1.54) is 12.0 Å². The van der Waals surface area contributed by atoms with E-state index in [-0.39, 0.29) is 54.3 Å². The Labute approximate surface area is 390 Å². The van der Waals surface area contributed by atoms with Crippen LogP contribution in [0.3, 0.4) is 0 Å². The van der Waals surface area contributed by atoms with Crippen molar-refractivity contribution in [2.24, 2.45) is 41.4 Å². The highest BCUT2D eigenvalue weighted by molar-refractivity contribution is 6.38. The Morgan fingerprint density at radius 2 is 1.54 bits per heavy atom. The molecule has 1 aliphatic carbocycles. The summed E-state index contributed by atoms with van der Waals surface area (Å²) in [6.07, 6.45) is 12.9. The number of ketones is 1. The molecule has 372 valence electrons. The highest BCUT2D eigenvalue weighted by Gasteiger charge is 2.53. The molecule has 6 unspecified atom stereocenters. The molecule has 13 nitrogen and oxygen atoms in total. The third kappa shape index (κ3) is 14.8. The molecule has 0 aromatic carbocycles. The number of aliphatic hydroxyl groups excluding tert-OH is 4. The lowest BCUT2D eigenvalue weighted by atomic mass is 9.77. The predicted octanol–water partition coefficient (Wildman–Crippen LogP) is 6.83. The van der Waals surface area contributed by atoms with Gasteiger partial charge in [-0.05, 0) is 131 Å². The highest BCUT2D eigenvalue weighted by atomic mass is 16.6. The SMILES string of the molecule is COC1CC(C[C@@H](C)[C@H]2CC(C)[C@H](C)/C=C(\C)C(O)[C@@H](OC)[C@@H](O)C(C)C[C@@H](C)/C=C/C=C/C=C(\C)[C@H](OC)C[C@H]3CC[C@@H](C)C(O)(O3)C(=O)C(=O)N3CCCC[C@H]3[C@H](O)O2)CC[C@@H]1O. The third-order valence-corrected chi connectivity index (χ3v) is 15.4. The zero-order valence-electron chi connectivity index (χ0n) is 41.5. The van der Waals surface area contributed by atoms with E-state index < -0.39 is 72.4 Å². The minimum Gasteiger partial charge on any atom is -0.390 e. The van der Waals surface area contributed by atoms with E-state index in [2.05, 4.69) is 33.8 Å². The summed E-state index contributed by atoms with van der Waals surface area (Å²) >= 11 is 0. The number of allylic oxidation sites excluding steroid dienone is 6. The van der Waals surface area contributed by atoms with Crippen LogP contribution >= 0.6 is 0 Å². The zero-order valence-corrected chi connectivity index (χ0v) is 41.5.